The van der Waals surface area contributed by atoms with E-state index in [-0.39, 0.29) is 0 Å². The summed E-state index contributed by atoms with van der Waals surface area (Å²) in [5, 5.41) is 18.1. The van der Waals surface area contributed by atoms with Crippen molar-refractivity contribution in [2.24, 2.45) is 5.10 Å². The van der Waals surface area contributed by atoms with Gasteiger partial charge < -0.3 is 29.4 Å². The number of hydrazone groups is 1. The normalized spacial score (nSPS) is 10.8. The third-order valence-corrected chi connectivity index (χ3v) is 3.79. The van der Waals surface area contributed by atoms with Crippen LogP contribution in [0.2, 0.25) is 0 Å². The van der Waals surface area contributed by atoms with Crippen molar-refractivity contribution in [3.63, 3.8) is 0 Å². The molecule has 0 atom stereocenters. The predicted octanol–water partition coefficient (Wildman–Crippen LogP) is 1.54. The van der Waals surface area contributed by atoms with E-state index in [1.54, 1.807) is 32.2 Å². The van der Waals surface area contributed by atoms with Crippen LogP contribution in [0.4, 0.5) is 5.69 Å². The maximum Gasteiger partial charge on any atom is 0.191 e. The Bertz CT molecular complexity index is 868. The predicted molar refractivity (Wildman–Crippen MR) is 108 cm³/mol. The van der Waals surface area contributed by atoms with Crippen molar-refractivity contribution in [3.8, 4) is 17.2 Å². The molecule has 0 heterocycles. The molecular weight excluding hydrogens is 382 g/mol. The quantitative estimate of drug-likeness (QED) is 0.389. The van der Waals surface area contributed by atoms with Crippen LogP contribution in [0.1, 0.15) is 12.5 Å². The van der Waals surface area contributed by atoms with Crippen molar-refractivity contribution in [2.75, 3.05) is 26.1 Å². The molecule has 0 unspecified atom stereocenters. The van der Waals surface area contributed by atoms with E-state index in [4.69, 9.17) is 26.4 Å². The average Bonchev–Trinajstić information content (AvgIpc) is 2.70. The van der Waals surface area contributed by atoms with Crippen LogP contribution in [0.5, 0.6) is 17.2 Å². The van der Waals surface area contributed by atoms with Crippen LogP contribution in [0.15, 0.2) is 47.6 Å². The van der Waals surface area contributed by atoms with E-state index in [9.17, 15) is 9.90 Å². The Morgan fingerprint density at radius 1 is 1.11 bits per heavy atom. The molecule has 0 aliphatic carbocycles. The summed E-state index contributed by atoms with van der Waals surface area (Å²) in [5.41, 5.74) is 4.95. The third-order valence-electron chi connectivity index (χ3n) is 3.60. The zero-order valence-electron chi connectivity index (χ0n) is 15.6. The van der Waals surface area contributed by atoms with Gasteiger partial charge in [0.05, 0.1) is 25.9 Å². The summed E-state index contributed by atoms with van der Waals surface area (Å²) in [4.78, 5) is 10.5. The van der Waals surface area contributed by atoms with E-state index >= 15 is 0 Å². The number of nitrogens with zero attached hydrogens (tertiary/aromatic N) is 1. The number of hydrogen-bond donors (Lipinski definition) is 2. The van der Waals surface area contributed by atoms with Crippen molar-refractivity contribution in [2.45, 2.75) is 6.92 Å². The number of nitrogens with one attached hydrogen (secondary N) is 2. The van der Waals surface area contributed by atoms with E-state index in [0.29, 0.717) is 22.3 Å². The molecule has 0 aliphatic heterocycles. The van der Waals surface area contributed by atoms with Gasteiger partial charge in [0, 0.05) is 11.3 Å². The number of carboxylic acids is 1. The van der Waals surface area contributed by atoms with E-state index in [1.807, 2.05) is 24.3 Å². The molecule has 2 rings (SSSR count). The molecule has 0 amide bonds. The van der Waals surface area contributed by atoms with E-state index in [0.717, 1.165) is 17.0 Å². The molecule has 2 aromatic rings. The first-order valence-corrected chi connectivity index (χ1v) is 8.60. The van der Waals surface area contributed by atoms with Gasteiger partial charge in [0.25, 0.3) is 0 Å². The molecular formula is C19H20N3O5S-. The van der Waals surface area contributed by atoms with Crippen LogP contribution in [-0.4, -0.2) is 37.6 Å². The van der Waals surface area contributed by atoms with Gasteiger partial charge in [0.2, 0.25) is 0 Å². The van der Waals surface area contributed by atoms with Crippen LogP contribution in [-0.2, 0) is 4.79 Å². The minimum Gasteiger partial charge on any atom is -0.546 e. The monoisotopic (exact) mass is 402 g/mol. The molecule has 0 fully saturated rings. The molecule has 2 N–H and O–H groups in total. The second kappa shape index (κ2) is 10.1. The lowest BCUT2D eigenvalue weighted by Gasteiger charge is -2.13. The second-order valence-electron chi connectivity index (χ2n) is 5.52. The van der Waals surface area contributed by atoms with Crippen LogP contribution in [0, 0.1) is 0 Å². The van der Waals surface area contributed by atoms with Gasteiger partial charge in [-0.15, -0.1) is 0 Å². The summed E-state index contributed by atoms with van der Waals surface area (Å²) in [7, 11) is 3.06. The fourth-order valence-electron chi connectivity index (χ4n) is 2.18. The first-order valence-electron chi connectivity index (χ1n) is 8.19. The van der Waals surface area contributed by atoms with Gasteiger partial charge in [0.15, 0.2) is 16.6 Å². The standard InChI is InChI=1S/C19H21N3O5S/c1-12(13-4-9-16(17(10-13)26-3)27-11-18(23)24)21-22-19(28)20-14-5-7-15(25-2)8-6-14/h4-10H,11H2,1-3H3,(H,23,24)(H2,20,22,28)/p-1/b21-12-. The highest BCUT2D eigenvalue weighted by atomic mass is 32.1. The number of methoxy groups -OCH3 is 2. The van der Waals surface area contributed by atoms with Crippen LogP contribution < -0.4 is 30.1 Å². The molecule has 2 aromatic carbocycles. The molecule has 0 saturated carbocycles. The van der Waals surface area contributed by atoms with Gasteiger partial charge in [-0.05, 0) is 61.6 Å². The molecule has 148 valence electrons. The third kappa shape index (κ3) is 6.13. The van der Waals surface area contributed by atoms with E-state index in [1.165, 1.54) is 7.11 Å². The molecule has 28 heavy (non-hydrogen) atoms. The number of ether oxygens (including phenoxy) is 3. The minimum atomic E-state index is -1.31. The number of thiocarbonyl (C=S) groups is 1. The highest BCUT2D eigenvalue weighted by Crippen LogP contribution is 2.28. The fraction of sp³-hybridized carbons (Fsp3) is 0.211. The Morgan fingerprint density at radius 2 is 1.82 bits per heavy atom. The fourth-order valence-corrected chi connectivity index (χ4v) is 2.34. The number of aliphatic carboxylic acids is 1. The molecule has 0 aliphatic rings. The zero-order valence-corrected chi connectivity index (χ0v) is 16.5. The van der Waals surface area contributed by atoms with Gasteiger partial charge >= 0.3 is 0 Å². The molecule has 0 spiro atoms. The lowest BCUT2D eigenvalue weighted by molar-refractivity contribution is -0.307. The summed E-state index contributed by atoms with van der Waals surface area (Å²) in [5.74, 6) is 0.116. The molecule has 0 aromatic heterocycles. The van der Waals surface area contributed by atoms with Gasteiger partial charge in [0.1, 0.15) is 12.4 Å². The number of rotatable bonds is 8. The van der Waals surface area contributed by atoms with Crippen molar-refractivity contribution in [1.82, 2.24) is 5.43 Å². The lowest BCUT2D eigenvalue weighted by atomic mass is 10.1. The van der Waals surface area contributed by atoms with Gasteiger partial charge in [-0.2, -0.15) is 5.10 Å². The summed E-state index contributed by atoms with van der Waals surface area (Å²) >= 11 is 5.23. The summed E-state index contributed by atoms with van der Waals surface area (Å²) in [6.07, 6.45) is 0. The summed E-state index contributed by atoms with van der Waals surface area (Å²) < 4.78 is 15.5. The van der Waals surface area contributed by atoms with E-state index in [2.05, 4.69) is 15.8 Å². The summed E-state index contributed by atoms with van der Waals surface area (Å²) in [6.45, 7) is 1.23. The molecule has 0 saturated heterocycles. The van der Waals surface area contributed by atoms with Crippen molar-refractivity contribution < 1.29 is 24.1 Å². The van der Waals surface area contributed by atoms with Crippen molar-refractivity contribution in [1.29, 1.82) is 0 Å². The molecule has 0 bridgehead atoms. The highest BCUT2D eigenvalue weighted by molar-refractivity contribution is 7.80. The van der Waals surface area contributed by atoms with Gasteiger partial charge in [-0.25, -0.2) is 0 Å². The smallest absolute Gasteiger partial charge is 0.191 e. The number of hydrogen-bond acceptors (Lipinski definition) is 7. The Balaban J connectivity index is 2.01. The summed E-state index contributed by atoms with van der Waals surface area (Å²) in [6, 6.07) is 12.3. The number of benzene rings is 2. The zero-order chi connectivity index (χ0) is 20.5. The second-order valence-corrected chi connectivity index (χ2v) is 5.93. The molecule has 9 heteroatoms. The Morgan fingerprint density at radius 3 is 2.43 bits per heavy atom. The van der Waals surface area contributed by atoms with E-state index < -0.39 is 12.6 Å². The van der Waals surface area contributed by atoms with Crippen LogP contribution >= 0.6 is 12.2 Å². The largest absolute Gasteiger partial charge is 0.546 e. The maximum atomic E-state index is 10.5. The maximum absolute atomic E-state index is 10.5. The lowest BCUT2D eigenvalue weighted by Crippen LogP contribution is -2.29. The van der Waals surface area contributed by atoms with Gasteiger partial charge in [-0.1, -0.05) is 0 Å². The first kappa shape index (κ1) is 21.0. The Hall–Kier alpha value is -3.33. The van der Waals surface area contributed by atoms with Gasteiger partial charge in [-0.3, -0.25) is 5.43 Å². The Labute approximate surface area is 168 Å². The number of carbonyl (C=O) groups excluding carboxylic acids is 1. The number of carbonyl (C=O) groups is 1. The highest BCUT2D eigenvalue weighted by Gasteiger charge is 2.08. The average molecular weight is 402 g/mol. The minimum absolute atomic E-state index is 0.299. The van der Waals surface area contributed by atoms with Crippen LogP contribution in [0.25, 0.3) is 0 Å². The van der Waals surface area contributed by atoms with Crippen LogP contribution in [0.3, 0.4) is 0 Å². The molecule has 0 radical (unpaired) electrons. The van der Waals surface area contributed by atoms with Crippen molar-refractivity contribution >= 4 is 34.7 Å². The first-order chi connectivity index (χ1) is 13.4. The number of carboxylic acid groups (broad SMARTS) is 1. The molecule has 8 nitrogen and oxygen atoms in total. The topological polar surface area (TPSA) is 104 Å². The number of anilines is 1. The van der Waals surface area contributed by atoms with Crippen molar-refractivity contribution in [3.05, 3.63) is 48.0 Å². The SMILES string of the molecule is COc1ccc(NC(=S)N/N=C(/C)c2ccc(OCC(=O)[O-])c(OC)c2)cc1. The Kier molecular flexibility index (Phi) is 7.58.